The molecule has 0 aromatic heterocycles. The average Bonchev–Trinajstić information content (AvgIpc) is 2.59. The third-order valence-corrected chi connectivity index (χ3v) is 4.07. The molecule has 0 unspecified atom stereocenters. The standard InChI is InChI=1S/C19H20BrNO3/c1-13(14-6-4-7-15(20)12-14)21-19(22)11-10-16-17(23-2)8-5-9-18(16)24-3/h4-13H,1-3H3,(H,21,22)/b11-10+/t13-/m1/s1. The number of halogens is 1. The van der Waals surface area contributed by atoms with Crippen LogP contribution in [0.25, 0.3) is 6.08 Å². The summed E-state index contributed by atoms with van der Waals surface area (Å²) >= 11 is 3.44. The Balaban J connectivity index is 2.11. The lowest BCUT2D eigenvalue weighted by molar-refractivity contribution is -0.117. The van der Waals surface area contributed by atoms with Crippen molar-refractivity contribution < 1.29 is 14.3 Å². The van der Waals surface area contributed by atoms with Gasteiger partial charge in [-0.1, -0.05) is 34.1 Å². The predicted octanol–water partition coefficient (Wildman–Crippen LogP) is 4.36. The van der Waals surface area contributed by atoms with Crippen molar-refractivity contribution in [2.75, 3.05) is 14.2 Å². The number of carbonyl (C=O) groups is 1. The van der Waals surface area contributed by atoms with Gasteiger partial charge >= 0.3 is 0 Å². The Morgan fingerprint density at radius 2 is 1.75 bits per heavy atom. The van der Waals surface area contributed by atoms with E-state index in [0.29, 0.717) is 11.5 Å². The lowest BCUT2D eigenvalue weighted by Crippen LogP contribution is -2.24. The summed E-state index contributed by atoms with van der Waals surface area (Å²) in [6, 6.07) is 13.2. The predicted molar refractivity (Wildman–Crippen MR) is 99.3 cm³/mol. The van der Waals surface area contributed by atoms with E-state index < -0.39 is 0 Å². The molecule has 2 aromatic carbocycles. The third kappa shape index (κ3) is 4.61. The monoisotopic (exact) mass is 389 g/mol. The molecule has 4 nitrogen and oxygen atoms in total. The maximum atomic E-state index is 12.2. The van der Waals surface area contributed by atoms with Crippen LogP contribution in [0.5, 0.6) is 11.5 Å². The number of amides is 1. The summed E-state index contributed by atoms with van der Waals surface area (Å²) in [6.07, 6.45) is 3.18. The van der Waals surface area contributed by atoms with Crippen LogP contribution in [0, 0.1) is 0 Å². The van der Waals surface area contributed by atoms with Crippen molar-refractivity contribution in [2.45, 2.75) is 13.0 Å². The summed E-state index contributed by atoms with van der Waals surface area (Å²) in [5, 5.41) is 2.94. The molecule has 0 heterocycles. The summed E-state index contributed by atoms with van der Waals surface area (Å²) in [4.78, 5) is 12.2. The van der Waals surface area contributed by atoms with Crippen LogP contribution in [0.3, 0.4) is 0 Å². The number of hydrogen-bond acceptors (Lipinski definition) is 3. The van der Waals surface area contributed by atoms with E-state index in [4.69, 9.17) is 9.47 Å². The summed E-state index contributed by atoms with van der Waals surface area (Å²) in [5.41, 5.74) is 1.76. The van der Waals surface area contributed by atoms with Crippen molar-refractivity contribution in [1.82, 2.24) is 5.32 Å². The van der Waals surface area contributed by atoms with E-state index in [9.17, 15) is 4.79 Å². The summed E-state index contributed by atoms with van der Waals surface area (Å²) in [6.45, 7) is 1.94. The lowest BCUT2D eigenvalue weighted by atomic mass is 10.1. The minimum Gasteiger partial charge on any atom is -0.496 e. The molecule has 5 heteroatoms. The topological polar surface area (TPSA) is 47.6 Å². The SMILES string of the molecule is COc1cccc(OC)c1/C=C/C(=O)N[C@H](C)c1cccc(Br)c1. The molecule has 2 aromatic rings. The van der Waals surface area contributed by atoms with Crippen molar-refractivity contribution in [2.24, 2.45) is 0 Å². The van der Waals surface area contributed by atoms with Gasteiger partial charge in [0.05, 0.1) is 25.8 Å². The number of methoxy groups -OCH3 is 2. The van der Waals surface area contributed by atoms with Crippen molar-refractivity contribution in [3.05, 3.63) is 64.1 Å². The Bertz CT molecular complexity index is 721. The van der Waals surface area contributed by atoms with Gasteiger partial charge < -0.3 is 14.8 Å². The zero-order chi connectivity index (χ0) is 17.5. The molecule has 0 aliphatic heterocycles. The van der Waals surface area contributed by atoms with Crippen molar-refractivity contribution in [1.29, 1.82) is 0 Å². The fourth-order valence-electron chi connectivity index (χ4n) is 2.32. The molecule has 126 valence electrons. The number of ether oxygens (including phenoxy) is 2. The quantitative estimate of drug-likeness (QED) is 0.746. The average molecular weight is 390 g/mol. The van der Waals surface area contributed by atoms with Gasteiger partial charge in [0.1, 0.15) is 11.5 Å². The van der Waals surface area contributed by atoms with Gasteiger partial charge in [0, 0.05) is 10.5 Å². The summed E-state index contributed by atoms with van der Waals surface area (Å²) in [7, 11) is 3.17. The lowest BCUT2D eigenvalue weighted by Gasteiger charge is -2.13. The molecular formula is C19H20BrNO3. The van der Waals surface area contributed by atoms with E-state index in [2.05, 4.69) is 21.2 Å². The zero-order valence-electron chi connectivity index (χ0n) is 13.9. The van der Waals surface area contributed by atoms with Crippen LogP contribution in [0.4, 0.5) is 0 Å². The maximum Gasteiger partial charge on any atom is 0.244 e. The second-order valence-corrected chi connectivity index (χ2v) is 6.11. The number of carbonyl (C=O) groups excluding carboxylic acids is 1. The molecule has 0 radical (unpaired) electrons. The molecule has 1 N–H and O–H groups in total. The molecule has 0 bridgehead atoms. The number of hydrogen-bond donors (Lipinski definition) is 1. The van der Waals surface area contributed by atoms with E-state index in [-0.39, 0.29) is 11.9 Å². The maximum absolute atomic E-state index is 12.2. The Hall–Kier alpha value is -2.27. The first-order valence-electron chi connectivity index (χ1n) is 7.50. The molecule has 24 heavy (non-hydrogen) atoms. The van der Waals surface area contributed by atoms with E-state index in [1.54, 1.807) is 20.3 Å². The number of rotatable bonds is 6. The molecule has 0 aliphatic carbocycles. The first kappa shape index (κ1) is 18.1. The van der Waals surface area contributed by atoms with E-state index >= 15 is 0 Å². The highest BCUT2D eigenvalue weighted by atomic mass is 79.9. The smallest absolute Gasteiger partial charge is 0.244 e. The fourth-order valence-corrected chi connectivity index (χ4v) is 2.74. The first-order valence-corrected chi connectivity index (χ1v) is 8.29. The van der Waals surface area contributed by atoms with Crippen LogP contribution in [0.2, 0.25) is 0 Å². The number of benzene rings is 2. The molecule has 1 amide bonds. The summed E-state index contributed by atoms with van der Waals surface area (Å²) < 4.78 is 11.6. The highest BCUT2D eigenvalue weighted by Gasteiger charge is 2.10. The van der Waals surface area contributed by atoms with Crippen LogP contribution in [0.15, 0.2) is 53.0 Å². The second-order valence-electron chi connectivity index (χ2n) is 5.19. The Morgan fingerprint density at radius 3 is 2.33 bits per heavy atom. The second kappa shape index (κ2) is 8.55. The molecule has 0 saturated carbocycles. The molecule has 0 spiro atoms. The van der Waals surface area contributed by atoms with Crippen molar-refractivity contribution in [3.8, 4) is 11.5 Å². The van der Waals surface area contributed by atoms with Gasteiger partial charge in [-0.25, -0.2) is 0 Å². The normalized spacial score (nSPS) is 12.0. The van der Waals surface area contributed by atoms with Crippen LogP contribution in [0.1, 0.15) is 24.1 Å². The molecule has 0 saturated heterocycles. The Morgan fingerprint density at radius 1 is 1.12 bits per heavy atom. The van der Waals surface area contributed by atoms with Crippen LogP contribution in [-0.4, -0.2) is 20.1 Å². The van der Waals surface area contributed by atoms with E-state index in [1.807, 2.05) is 49.4 Å². The van der Waals surface area contributed by atoms with Gasteiger partial charge in [-0.15, -0.1) is 0 Å². The van der Waals surface area contributed by atoms with Gasteiger partial charge in [-0.3, -0.25) is 4.79 Å². The van der Waals surface area contributed by atoms with E-state index in [1.165, 1.54) is 6.08 Å². The molecular weight excluding hydrogens is 370 g/mol. The minimum absolute atomic E-state index is 0.0979. The Kier molecular flexibility index (Phi) is 6.44. The zero-order valence-corrected chi connectivity index (χ0v) is 15.5. The molecule has 1 atom stereocenters. The van der Waals surface area contributed by atoms with Gasteiger partial charge in [-0.05, 0) is 42.8 Å². The molecule has 2 rings (SSSR count). The van der Waals surface area contributed by atoms with Gasteiger partial charge in [-0.2, -0.15) is 0 Å². The van der Waals surface area contributed by atoms with E-state index in [0.717, 1.165) is 15.6 Å². The Labute approximate surface area is 150 Å². The third-order valence-electron chi connectivity index (χ3n) is 3.57. The number of nitrogens with one attached hydrogen (secondary N) is 1. The first-order chi connectivity index (χ1) is 11.5. The van der Waals surface area contributed by atoms with Crippen LogP contribution in [-0.2, 0) is 4.79 Å². The molecule has 0 aliphatic rings. The fraction of sp³-hybridized carbons (Fsp3) is 0.211. The van der Waals surface area contributed by atoms with Gasteiger partial charge in [0.15, 0.2) is 0 Å². The largest absolute Gasteiger partial charge is 0.496 e. The van der Waals surface area contributed by atoms with Crippen LogP contribution >= 0.6 is 15.9 Å². The highest BCUT2D eigenvalue weighted by Crippen LogP contribution is 2.29. The molecule has 0 fully saturated rings. The van der Waals surface area contributed by atoms with Crippen molar-refractivity contribution in [3.63, 3.8) is 0 Å². The van der Waals surface area contributed by atoms with Gasteiger partial charge in [0.25, 0.3) is 0 Å². The van der Waals surface area contributed by atoms with Gasteiger partial charge in [0.2, 0.25) is 5.91 Å². The van der Waals surface area contributed by atoms with Crippen molar-refractivity contribution >= 4 is 27.9 Å². The minimum atomic E-state index is -0.185. The highest BCUT2D eigenvalue weighted by molar-refractivity contribution is 9.10. The summed E-state index contributed by atoms with van der Waals surface area (Å²) in [5.74, 6) is 1.12. The van der Waals surface area contributed by atoms with Crippen LogP contribution < -0.4 is 14.8 Å².